The molecule has 0 saturated heterocycles. The third kappa shape index (κ3) is 2.51. The molecule has 1 atom stereocenters. The van der Waals surface area contributed by atoms with Crippen LogP contribution in [0, 0.1) is 0 Å². The van der Waals surface area contributed by atoms with Crippen LogP contribution in [-0.2, 0) is 31.9 Å². The van der Waals surface area contributed by atoms with E-state index in [1.165, 1.54) is 13.3 Å². The highest BCUT2D eigenvalue weighted by molar-refractivity contribution is 7.88. The summed E-state index contributed by atoms with van der Waals surface area (Å²) in [4.78, 5) is 12.0. The van der Waals surface area contributed by atoms with E-state index in [-0.39, 0.29) is 12.3 Å². The number of carbonyl (C=O) groups is 1. The first-order valence-electron chi connectivity index (χ1n) is 6.66. The second-order valence-corrected chi connectivity index (χ2v) is 6.94. The summed E-state index contributed by atoms with van der Waals surface area (Å²) in [5.74, 6) is -0.782. The summed E-state index contributed by atoms with van der Waals surface area (Å²) in [6.45, 7) is 0.0876. The molecule has 8 heteroatoms. The molecule has 22 heavy (non-hydrogen) atoms. The van der Waals surface area contributed by atoms with Gasteiger partial charge in [-0.25, -0.2) is 13.2 Å². The van der Waals surface area contributed by atoms with E-state index in [9.17, 15) is 13.2 Å². The van der Waals surface area contributed by atoms with Crippen LogP contribution in [-0.4, -0.2) is 36.0 Å². The number of benzene rings is 1. The molecule has 1 N–H and O–H groups in total. The number of esters is 1. The molecule has 0 radical (unpaired) electrons. The molecule has 2 aromatic rings. The number of nitrogens with one attached hydrogen (secondary N) is 1. The minimum absolute atomic E-state index is 0.0876. The zero-order valence-electron chi connectivity index (χ0n) is 11.9. The molecule has 0 bridgehead atoms. The Balaban J connectivity index is 1.93. The molecule has 0 amide bonds. The Labute approximate surface area is 128 Å². The van der Waals surface area contributed by atoms with Gasteiger partial charge >= 0.3 is 5.97 Å². The fourth-order valence-corrected chi connectivity index (χ4v) is 4.20. The highest BCUT2D eigenvalue weighted by Gasteiger charge is 2.44. The highest BCUT2D eigenvalue weighted by Crippen LogP contribution is 2.36. The van der Waals surface area contributed by atoms with Crippen molar-refractivity contribution in [2.24, 2.45) is 0 Å². The molecule has 1 aromatic heterocycles. The fourth-order valence-electron chi connectivity index (χ4n) is 2.57. The van der Waals surface area contributed by atoms with Gasteiger partial charge in [0.1, 0.15) is 0 Å². The Bertz CT molecular complexity index is 785. The molecule has 0 fully saturated rings. The quantitative estimate of drug-likeness (QED) is 0.847. The number of H-pyrrole nitrogens is 1. The molecule has 1 unspecified atom stereocenters. The normalized spacial score (nSPS) is 18.1. The van der Waals surface area contributed by atoms with Crippen LogP contribution in [0.5, 0.6) is 0 Å². The molecule has 1 aromatic carbocycles. The van der Waals surface area contributed by atoms with Gasteiger partial charge in [-0.2, -0.15) is 9.40 Å². The van der Waals surface area contributed by atoms with Gasteiger partial charge in [0.05, 0.1) is 31.3 Å². The molecular weight excluding hydrogens is 306 g/mol. The Morgan fingerprint density at radius 2 is 2.14 bits per heavy atom. The van der Waals surface area contributed by atoms with Crippen LogP contribution in [0.25, 0.3) is 0 Å². The number of rotatable bonds is 4. The lowest BCUT2D eigenvalue weighted by atomic mass is 10.2. The standard InChI is InChI=1S/C14H15N3O4S/c1-21-14(18)13-11-7-15-16-12(11)8-17(13)22(19,20)9-10-5-3-2-4-6-10/h2-7,13H,8-9H2,1H3,(H,15,16). The second kappa shape index (κ2) is 5.54. The van der Waals surface area contributed by atoms with E-state index in [1.54, 1.807) is 24.3 Å². The van der Waals surface area contributed by atoms with Gasteiger partial charge in [0, 0.05) is 5.56 Å². The van der Waals surface area contributed by atoms with Gasteiger partial charge in [-0.15, -0.1) is 0 Å². The summed E-state index contributed by atoms with van der Waals surface area (Å²) in [5, 5.41) is 6.59. The van der Waals surface area contributed by atoms with E-state index >= 15 is 0 Å². The number of nitrogens with zero attached hydrogens (tertiary/aromatic N) is 2. The number of methoxy groups -OCH3 is 1. The molecular formula is C14H15N3O4S. The fraction of sp³-hybridized carbons (Fsp3) is 0.286. The van der Waals surface area contributed by atoms with Crippen LogP contribution in [0.15, 0.2) is 36.5 Å². The summed E-state index contributed by atoms with van der Waals surface area (Å²) in [7, 11) is -2.43. The van der Waals surface area contributed by atoms with Crippen LogP contribution in [0.1, 0.15) is 22.9 Å². The Morgan fingerprint density at radius 3 is 2.82 bits per heavy atom. The van der Waals surface area contributed by atoms with E-state index in [2.05, 4.69) is 10.2 Å². The number of sulfonamides is 1. The van der Waals surface area contributed by atoms with Crippen molar-refractivity contribution in [3.05, 3.63) is 53.3 Å². The molecule has 116 valence electrons. The van der Waals surface area contributed by atoms with Crippen LogP contribution in [0.2, 0.25) is 0 Å². The first kappa shape index (κ1) is 14.7. The lowest BCUT2D eigenvalue weighted by Gasteiger charge is -2.22. The lowest BCUT2D eigenvalue weighted by molar-refractivity contribution is -0.145. The molecule has 1 aliphatic rings. The lowest BCUT2D eigenvalue weighted by Crippen LogP contribution is -2.35. The number of hydrogen-bond acceptors (Lipinski definition) is 5. The smallest absolute Gasteiger partial charge is 0.328 e. The van der Waals surface area contributed by atoms with E-state index in [4.69, 9.17) is 4.74 Å². The summed E-state index contributed by atoms with van der Waals surface area (Å²) in [6.07, 6.45) is 1.47. The maximum absolute atomic E-state index is 12.7. The zero-order chi connectivity index (χ0) is 15.7. The molecule has 0 saturated carbocycles. The largest absolute Gasteiger partial charge is 0.468 e. The number of fused-ring (bicyclic) bond motifs is 1. The van der Waals surface area contributed by atoms with Crippen LogP contribution < -0.4 is 0 Å². The monoisotopic (exact) mass is 321 g/mol. The first-order chi connectivity index (χ1) is 10.5. The van der Waals surface area contributed by atoms with Gasteiger partial charge in [-0.3, -0.25) is 5.10 Å². The summed E-state index contributed by atoms with van der Waals surface area (Å²) in [5.41, 5.74) is 1.83. The Morgan fingerprint density at radius 1 is 1.41 bits per heavy atom. The van der Waals surface area contributed by atoms with Gasteiger partial charge in [-0.05, 0) is 5.56 Å². The van der Waals surface area contributed by atoms with E-state index in [0.29, 0.717) is 16.8 Å². The van der Waals surface area contributed by atoms with Gasteiger partial charge in [0.25, 0.3) is 0 Å². The van der Waals surface area contributed by atoms with Crippen LogP contribution in [0.4, 0.5) is 0 Å². The molecule has 3 rings (SSSR count). The minimum Gasteiger partial charge on any atom is -0.468 e. The maximum Gasteiger partial charge on any atom is 0.328 e. The average molecular weight is 321 g/mol. The van der Waals surface area contributed by atoms with E-state index in [0.717, 1.165) is 4.31 Å². The molecule has 7 nitrogen and oxygen atoms in total. The Hall–Kier alpha value is -2.19. The number of hydrogen-bond donors (Lipinski definition) is 1. The third-order valence-corrected chi connectivity index (χ3v) is 5.37. The van der Waals surface area contributed by atoms with E-state index in [1.807, 2.05) is 6.07 Å². The second-order valence-electron chi connectivity index (χ2n) is 5.02. The van der Waals surface area contributed by atoms with Gasteiger partial charge in [0.15, 0.2) is 6.04 Å². The molecule has 0 aliphatic carbocycles. The van der Waals surface area contributed by atoms with Crippen molar-refractivity contribution < 1.29 is 17.9 Å². The summed E-state index contributed by atoms with van der Waals surface area (Å²) < 4.78 is 31.3. The van der Waals surface area contributed by atoms with Gasteiger partial charge < -0.3 is 4.74 Å². The van der Waals surface area contributed by atoms with Crippen LogP contribution >= 0.6 is 0 Å². The predicted octanol–water partition coefficient (Wildman–Crippen LogP) is 0.969. The van der Waals surface area contributed by atoms with Gasteiger partial charge in [0.2, 0.25) is 10.0 Å². The number of carbonyl (C=O) groups excluding carboxylic acids is 1. The van der Waals surface area contributed by atoms with Crippen molar-refractivity contribution in [3.63, 3.8) is 0 Å². The highest BCUT2D eigenvalue weighted by atomic mass is 32.2. The van der Waals surface area contributed by atoms with Crippen molar-refractivity contribution in [1.29, 1.82) is 0 Å². The summed E-state index contributed by atoms with van der Waals surface area (Å²) in [6, 6.07) is 7.87. The topological polar surface area (TPSA) is 92.4 Å². The van der Waals surface area contributed by atoms with Crippen molar-refractivity contribution in [3.8, 4) is 0 Å². The molecule has 1 aliphatic heterocycles. The molecule has 0 spiro atoms. The van der Waals surface area contributed by atoms with Crippen molar-refractivity contribution in [2.45, 2.75) is 18.3 Å². The third-order valence-electron chi connectivity index (χ3n) is 3.62. The van der Waals surface area contributed by atoms with Crippen molar-refractivity contribution in [2.75, 3.05) is 7.11 Å². The first-order valence-corrected chi connectivity index (χ1v) is 8.27. The van der Waals surface area contributed by atoms with Crippen LogP contribution in [0.3, 0.4) is 0 Å². The van der Waals surface area contributed by atoms with Gasteiger partial charge in [-0.1, -0.05) is 30.3 Å². The number of aromatic amines is 1. The molecule has 2 heterocycles. The number of aromatic nitrogens is 2. The van der Waals surface area contributed by atoms with Crippen molar-refractivity contribution in [1.82, 2.24) is 14.5 Å². The predicted molar refractivity (Wildman–Crippen MR) is 78.0 cm³/mol. The average Bonchev–Trinajstić information content (AvgIpc) is 3.07. The van der Waals surface area contributed by atoms with Crippen molar-refractivity contribution >= 4 is 16.0 Å². The SMILES string of the molecule is COC(=O)C1c2cn[nH]c2CN1S(=O)(=O)Cc1ccccc1. The maximum atomic E-state index is 12.7. The summed E-state index contributed by atoms with van der Waals surface area (Å²) >= 11 is 0. The number of ether oxygens (including phenoxy) is 1. The Kier molecular flexibility index (Phi) is 3.71. The van der Waals surface area contributed by atoms with E-state index < -0.39 is 22.0 Å². The zero-order valence-corrected chi connectivity index (χ0v) is 12.7. The minimum atomic E-state index is -3.67.